The average Bonchev–Trinajstić information content (AvgIpc) is 2.72. The van der Waals surface area contributed by atoms with E-state index in [-0.39, 0.29) is 18.0 Å². The Kier molecular flexibility index (Phi) is 7.20. The lowest BCUT2D eigenvalue weighted by Crippen LogP contribution is -2.13. The molecule has 0 aliphatic heterocycles. The molecule has 0 fully saturated rings. The van der Waals surface area contributed by atoms with Crippen molar-refractivity contribution >= 4 is 40.3 Å². The van der Waals surface area contributed by atoms with Crippen LogP contribution in [0.2, 0.25) is 0 Å². The average molecular weight is 512 g/mol. The van der Waals surface area contributed by atoms with Gasteiger partial charge in [0.2, 0.25) is 0 Å². The normalized spacial score (nSPS) is 10.9. The molecule has 150 valence electrons. The number of nitrogens with one attached hydrogen (secondary N) is 1. The lowest BCUT2D eigenvalue weighted by atomic mass is 10.1. The molecule has 0 saturated heterocycles. The van der Waals surface area contributed by atoms with Gasteiger partial charge in [0.15, 0.2) is 0 Å². The molecule has 4 nitrogen and oxygen atoms in total. The molecular formula is C24H18FIN2O2. The first-order valence-corrected chi connectivity index (χ1v) is 10.2. The Bertz CT molecular complexity index is 1150. The van der Waals surface area contributed by atoms with Gasteiger partial charge in [0.05, 0.1) is 3.57 Å². The Morgan fingerprint density at radius 1 is 1.17 bits per heavy atom. The van der Waals surface area contributed by atoms with Crippen LogP contribution in [0.15, 0.2) is 72.3 Å². The Labute approximate surface area is 188 Å². The predicted molar refractivity (Wildman–Crippen MR) is 123 cm³/mol. The summed E-state index contributed by atoms with van der Waals surface area (Å²) >= 11 is 2.10. The van der Waals surface area contributed by atoms with Crippen molar-refractivity contribution < 1.29 is 13.9 Å². The third-order valence-electron chi connectivity index (χ3n) is 4.25. The molecule has 0 unspecified atom stereocenters. The maximum Gasteiger partial charge on any atom is 0.266 e. The van der Waals surface area contributed by atoms with E-state index in [2.05, 4.69) is 27.9 Å². The Hall–Kier alpha value is -3.18. The third-order valence-corrected chi connectivity index (χ3v) is 5.09. The number of nitriles is 1. The highest BCUT2D eigenvalue weighted by Gasteiger charge is 2.11. The summed E-state index contributed by atoms with van der Waals surface area (Å²) in [6.45, 7) is 2.04. The molecule has 0 atom stereocenters. The number of ether oxygens (including phenoxy) is 1. The standard InChI is InChI=1S/C24H18FIN2O2/c1-16-5-4-7-20(11-16)28-24(29)19(14-27)12-17-9-10-23(22(26)13-17)30-15-18-6-2-3-8-21(18)25/h2-13H,15H2,1H3,(H,28,29)/b19-12-. The molecule has 3 aromatic rings. The summed E-state index contributed by atoms with van der Waals surface area (Å²) in [5.74, 6) is -0.193. The second kappa shape index (κ2) is 10.0. The number of rotatable bonds is 6. The van der Waals surface area contributed by atoms with E-state index >= 15 is 0 Å². The molecule has 3 rings (SSSR count). The number of carbonyl (C=O) groups is 1. The van der Waals surface area contributed by atoms with Crippen molar-refractivity contribution in [2.75, 3.05) is 5.32 Å². The number of aryl methyl sites for hydroxylation is 1. The monoisotopic (exact) mass is 512 g/mol. The number of hydrogen-bond acceptors (Lipinski definition) is 3. The molecule has 1 N–H and O–H groups in total. The van der Waals surface area contributed by atoms with Crippen molar-refractivity contribution in [3.63, 3.8) is 0 Å². The van der Waals surface area contributed by atoms with E-state index in [1.165, 1.54) is 12.1 Å². The van der Waals surface area contributed by atoms with E-state index in [1.807, 2.05) is 31.2 Å². The van der Waals surface area contributed by atoms with E-state index in [4.69, 9.17) is 4.74 Å². The number of nitrogens with zero attached hydrogens (tertiary/aromatic N) is 1. The summed E-state index contributed by atoms with van der Waals surface area (Å²) in [7, 11) is 0. The van der Waals surface area contributed by atoms with Crippen LogP contribution in [-0.2, 0) is 11.4 Å². The molecule has 0 bridgehead atoms. The lowest BCUT2D eigenvalue weighted by Gasteiger charge is -2.10. The van der Waals surface area contributed by atoms with Crippen LogP contribution in [0, 0.1) is 27.6 Å². The Morgan fingerprint density at radius 3 is 2.67 bits per heavy atom. The minimum Gasteiger partial charge on any atom is -0.488 e. The zero-order valence-electron chi connectivity index (χ0n) is 16.2. The van der Waals surface area contributed by atoms with Gasteiger partial charge in [0.1, 0.15) is 29.8 Å². The fourth-order valence-electron chi connectivity index (χ4n) is 2.73. The first-order valence-electron chi connectivity index (χ1n) is 9.12. The molecule has 30 heavy (non-hydrogen) atoms. The predicted octanol–water partition coefficient (Wildman–Crippen LogP) is 5.86. The second-order valence-electron chi connectivity index (χ2n) is 6.56. The number of hydrogen-bond donors (Lipinski definition) is 1. The summed E-state index contributed by atoms with van der Waals surface area (Å²) in [5, 5.41) is 12.1. The van der Waals surface area contributed by atoms with Crippen molar-refractivity contribution in [3.05, 3.63) is 98.4 Å². The van der Waals surface area contributed by atoms with E-state index in [0.717, 1.165) is 9.13 Å². The van der Waals surface area contributed by atoms with Crippen LogP contribution in [0.1, 0.15) is 16.7 Å². The molecular weight excluding hydrogens is 494 g/mol. The van der Waals surface area contributed by atoms with Crippen LogP contribution in [0.25, 0.3) is 6.08 Å². The Morgan fingerprint density at radius 2 is 1.97 bits per heavy atom. The number of amides is 1. The van der Waals surface area contributed by atoms with Gasteiger partial charge in [-0.3, -0.25) is 4.79 Å². The maximum absolute atomic E-state index is 13.7. The number of benzene rings is 3. The van der Waals surface area contributed by atoms with E-state index in [1.54, 1.807) is 42.5 Å². The van der Waals surface area contributed by atoms with Gasteiger partial charge in [-0.1, -0.05) is 36.4 Å². The molecule has 6 heteroatoms. The minimum atomic E-state index is -0.474. The first kappa shape index (κ1) is 21.5. The topological polar surface area (TPSA) is 62.1 Å². The molecule has 1 amide bonds. The van der Waals surface area contributed by atoms with Crippen molar-refractivity contribution in [3.8, 4) is 11.8 Å². The highest BCUT2D eigenvalue weighted by Crippen LogP contribution is 2.25. The number of carbonyl (C=O) groups excluding carboxylic acids is 1. The fraction of sp³-hybridized carbons (Fsp3) is 0.0833. The number of halogens is 2. The van der Waals surface area contributed by atoms with E-state index in [9.17, 15) is 14.4 Å². The van der Waals surface area contributed by atoms with Gasteiger partial charge in [0.25, 0.3) is 5.91 Å². The van der Waals surface area contributed by atoms with E-state index in [0.29, 0.717) is 22.6 Å². The Balaban J connectivity index is 1.72. The van der Waals surface area contributed by atoms with Crippen LogP contribution >= 0.6 is 22.6 Å². The third kappa shape index (κ3) is 5.67. The van der Waals surface area contributed by atoms with Gasteiger partial charge >= 0.3 is 0 Å². The fourth-order valence-corrected chi connectivity index (χ4v) is 3.43. The SMILES string of the molecule is Cc1cccc(NC(=O)/C(C#N)=C\c2ccc(OCc3ccccc3F)c(I)c2)c1. The molecule has 0 radical (unpaired) electrons. The van der Waals surface area contributed by atoms with Crippen LogP contribution in [0.5, 0.6) is 5.75 Å². The molecule has 0 aromatic heterocycles. The van der Waals surface area contributed by atoms with Gasteiger partial charge in [-0.15, -0.1) is 0 Å². The summed E-state index contributed by atoms with van der Waals surface area (Å²) in [6, 6.07) is 21.0. The van der Waals surface area contributed by atoms with Gasteiger partial charge < -0.3 is 10.1 Å². The van der Waals surface area contributed by atoms with Crippen LogP contribution in [0.3, 0.4) is 0 Å². The largest absolute Gasteiger partial charge is 0.488 e. The molecule has 0 saturated carbocycles. The van der Waals surface area contributed by atoms with Crippen LogP contribution in [-0.4, -0.2) is 5.91 Å². The lowest BCUT2D eigenvalue weighted by molar-refractivity contribution is -0.112. The highest BCUT2D eigenvalue weighted by atomic mass is 127. The van der Waals surface area contributed by atoms with Crippen LogP contribution < -0.4 is 10.1 Å². The minimum absolute atomic E-state index is 0.00710. The zero-order chi connectivity index (χ0) is 21.5. The number of anilines is 1. The second-order valence-corrected chi connectivity index (χ2v) is 7.73. The van der Waals surface area contributed by atoms with Crippen molar-refractivity contribution in [2.45, 2.75) is 13.5 Å². The van der Waals surface area contributed by atoms with E-state index < -0.39 is 5.91 Å². The summed E-state index contributed by atoms with van der Waals surface area (Å²) < 4.78 is 20.2. The van der Waals surface area contributed by atoms with Crippen molar-refractivity contribution in [1.29, 1.82) is 5.26 Å². The zero-order valence-corrected chi connectivity index (χ0v) is 18.3. The smallest absolute Gasteiger partial charge is 0.266 e. The summed E-state index contributed by atoms with van der Waals surface area (Å²) in [6.07, 6.45) is 1.52. The molecule has 3 aromatic carbocycles. The van der Waals surface area contributed by atoms with Gasteiger partial charge in [-0.2, -0.15) is 5.26 Å². The maximum atomic E-state index is 13.7. The summed E-state index contributed by atoms with van der Waals surface area (Å²) in [5.41, 5.74) is 2.79. The van der Waals surface area contributed by atoms with Gasteiger partial charge in [-0.05, 0) is 77.0 Å². The van der Waals surface area contributed by atoms with Crippen molar-refractivity contribution in [2.24, 2.45) is 0 Å². The molecule has 0 aliphatic rings. The molecule has 0 spiro atoms. The molecule has 0 aliphatic carbocycles. The summed E-state index contributed by atoms with van der Waals surface area (Å²) in [4.78, 5) is 12.4. The van der Waals surface area contributed by atoms with Gasteiger partial charge in [0, 0.05) is 11.3 Å². The van der Waals surface area contributed by atoms with Gasteiger partial charge in [-0.25, -0.2) is 4.39 Å². The molecule has 0 heterocycles. The van der Waals surface area contributed by atoms with Crippen LogP contribution in [0.4, 0.5) is 10.1 Å². The highest BCUT2D eigenvalue weighted by molar-refractivity contribution is 14.1. The quantitative estimate of drug-likeness (QED) is 0.256. The van der Waals surface area contributed by atoms with Crippen molar-refractivity contribution in [1.82, 2.24) is 0 Å². The first-order chi connectivity index (χ1) is 14.5.